The topological polar surface area (TPSA) is 81.1 Å². The van der Waals surface area contributed by atoms with Gasteiger partial charge in [-0.05, 0) is 85.4 Å². The summed E-state index contributed by atoms with van der Waals surface area (Å²) in [6.45, 7) is 6.59. The minimum Gasteiger partial charge on any atom is -0.507 e. The fourth-order valence-corrected chi connectivity index (χ4v) is 5.38. The Morgan fingerprint density at radius 2 is 1.54 bits per heavy atom. The third kappa shape index (κ3) is 6.13. The largest absolute Gasteiger partial charge is 0.507 e. The summed E-state index contributed by atoms with van der Waals surface area (Å²) in [7, 11) is 1.88. The maximum absolute atomic E-state index is 13.6. The number of hydrogen-bond acceptors (Lipinski definition) is 5. The lowest BCUT2D eigenvalue weighted by atomic mass is 10.1. The number of carbonyl (C=O) groups excluding carboxylic acids is 1. The lowest BCUT2D eigenvalue weighted by Gasteiger charge is -2.26. The number of anilines is 1. The molecule has 7 heteroatoms. The number of aromatic carboxylic acids is 1. The summed E-state index contributed by atoms with van der Waals surface area (Å²) in [5.74, 6) is -1.78. The molecule has 0 saturated heterocycles. The molecule has 0 spiro atoms. The highest BCUT2D eigenvalue weighted by Gasteiger charge is 2.22. The molecule has 4 rings (SSSR count). The molecule has 37 heavy (non-hydrogen) atoms. The fraction of sp³-hybridized carbons (Fsp3) is 0.200. The molecular weight excluding hydrogens is 484 g/mol. The summed E-state index contributed by atoms with van der Waals surface area (Å²) < 4.78 is 1.89. The van der Waals surface area contributed by atoms with Gasteiger partial charge in [-0.25, -0.2) is 9.10 Å². The molecule has 4 aromatic rings. The monoisotopic (exact) mass is 514 g/mol. The number of hydrogen-bond donors (Lipinski definition) is 2. The van der Waals surface area contributed by atoms with Gasteiger partial charge in [0.2, 0.25) is 5.91 Å². The minimum atomic E-state index is -1.23. The van der Waals surface area contributed by atoms with Crippen molar-refractivity contribution < 1.29 is 19.8 Å². The van der Waals surface area contributed by atoms with Crippen molar-refractivity contribution >= 4 is 40.3 Å². The number of carbonyl (C=O) groups is 2. The van der Waals surface area contributed by atoms with E-state index in [0.29, 0.717) is 5.69 Å². The van der Waals surface area contributed by atoms with Gasteiger partial charge in [0.15, 0.2) is 0 Å². The van der Waals surface area contributed by atoms with Crippen molar-refractivity contribution in [2.45, 2.75) is 32.2 Å². The van der Waals surface area contributed by atoms with Gasteiger partial charge in [0.05, 0.1) is 13.1 Å². The third-order valence-corrected chi connectivity index (χ3v) is 7.46. The van der Waals surface area contributed by atoms with Crippen LogP contribution < -0.4 is 4.90 Å². The van der Waals surface area contributed by atoms with Crippen molar-refractivity contribution in [2.24, 2.45) is 0 Å². The van der Waals surface area contributed by atoms with Crippen LogP contribution in [0.2, 0.25) is 0 Å². The van der Waals surface area contributed by atoms with Crippen LogP contribution in [0, 0.1) is 20.8 Å². The third-order valence-electron chi connectivity index (χ3n) is 6.19. The van der Waals surface area contributed by atoms with E-state index >= 15 is 0 Å². The summed E-state index contributed by atoms with van der Waals surface area (Å²) >= 11 is 1.52. The Bertz CT molecular complexity index is 1460. The lowest BCUT2D eigenvalue weighted by Crippen LogP contribution is -2.37. The Morgan fingerprint density at radius 3 is 2.19 bits per heavy atom. The molecule has 0 aromatic heterocycles. The average molecular weight is 515 g/mol. The number of carboxylic acid groups (broad SMARTS) is 1. The van der Waals surface area contributed by atoms with Crippen molar-refractivity contribution in [1.82, 2.24) is 4.31 Å². The molecule has 0 aliphatic heterocycles. The predicted octanol–water partition coefficient (Wildman–Crippen LogP) is 6.34. The zero-order valence-corrected chi connectivity index (χ0v) is 22.2. The van der Waals surface area contributed by atoms with Gasteiger partial charge in [0, 0.05) is 16.6 Å². The van der Waals surface area contributed by atoms with E-state index in [1.165, 1.54) is 29.6 Å². The van der Waals surface area contributed by atoms with Crippen molar-refractivity contribution in [3.05, 3.63) is 101 Å². The van der Waals surface area contributed by atoms with Crippen molar-refractivity contribution in [3.8, 4) is 5.75 Å². The minimum absolute atomic E-state index is 0.118. The van der Waals surface area contributed by atoms with Crippen molar-refractivity contribution in [1.29, 1.82) is 0 Å². The Labute approximate surface area is 221 Å². The lowest BCUT2D eigenvalue weighted by molar-refractivity contribution is -0.118. The molecule has 0 radical (unpaired) electrons. The summed E-state index contributed by atoms with van der Waals surface area (Å²) in [5.41, 5.74) is 4.66. The number of likely N-dealkylation sites (N-methyl/N-ethyl adjacent to an activating group) is 1. The number of amides is 1. The van der Waals surface area contributed by atoms with E-state index in [0.717, 1.165) is 32.4 Å². The van der Waals surface area contributed by atoms with Crippen LogP contribution >= 0.6 is 11.9 Å². The Hall–Kier alpha value is -3.81. The Morgan fingerprint density at radius 1 is 0.865 bits per heavy atom. The molecule has 1 amide bonds. The molecule has 0 heterocycles. The molecule has 0 fully saturated rings. The van der Waals surface area contributed by atoms with Crippen LogP contribution in [0.15, 0.2) is 77.7 Å². The highest BCUT2D eigenvalue weighted by molar-refractivity contribution is 7.97. The second-order valence-corrected chi connectivity index (χ2v) is 10.5. The normalized spacial score (nSPS) is 11.2. The van der Waals surface area contributed by atoms with E-state index < -0.39 is 5.97 Å². The quantitative estimate of drug-likeness (QED) is 0.267. The summed E-state index contributed by atoms with van der Waals surface area (Å²) in [6, 6.07) is 22.5. The number of nitrogens with zero attached hydrogens (tertiary/aromatic N) is 2. The molecule has 0 aliphatic rings. The van der Waals surface area contributed by atoms with E-state index in [9.17, 15) is 19.8 Å². The Kier molecular flexibility index (Phi) is 7.86. The highest BCUT2D eigenvalue weighted by Crippen LogP contribution is 2.31. The van der Waals surface area contributed by atoms with E-state index in [-0.39, 0.29) is 30.3 Å². The second kappa shape index (κ2) is 11.1. The first-order chi connectivity index (χ1) is 17.6. The van der Waals surface area contributed by atoms with E-state index in [4.69, 9.17) is 0 Å². The highest BCUT2D eigenvalue weighted by atomic mass is 32.2. The number of fused-ring (bicyclic) bond motifs is 1. The molecule has 6 nitrogen and oxygen atoms in total. The molecule has 0 atom stereocenters. The van der Waals surface area contributed by atoms with Gasteiger partial charge < -0.3 is 15.1 Å². The first-order valence-electron chi connectivity index (χ1n) is 11.9. The zero-order chi connectivity index (χ0) is 26.7. The van der Waals surface area contributed by atoms with Crippen LogP contribution in [0.3, 0.4) is 0 Å². The van der Waals surface area contributed by atoms with Gasteiger partial charge in [0.25, 0.3) is 0 Å². The van der Waals surface area contributed by atoms with Gasteiger partial charge >= 0.3 is 5.97 Å². The maximum atomic E-state index is 13.6. The van der Waals surface area contributed by atoms with Gasteiger partial charge in [-0.1, -0.05) is 54.1 Å². The summed E-state index contributed by atoms with van der Waals surface area (Å²) in [4.78, 5) is 27.7. The maximum Gasteiger partial charge on any atom is 0.339 e. The number of aromatic hydroxyl groups is 1. The number of benzene rings is 4. The standard InChI is InChI=1S/C30H30N2O4S/c1-19-13-20(2)29(21(3)14-19)37-31(4)18-28(34)32(25-11-12-26(30(35)36)27(33)16-25)17-22-9-10-23-7-5-6-8-24(23)15-22/h5-16,33H,17-18H2,1-4H3,(H,35,36). The average Bonchev–Trinajstić information content (AvgIpc) is 2.84. The van der Waals surface area contributed by atoms with E-state index in [2.05, 4.69) is 32.9 Å². The zero-order valence-electron chi connectivity index (χ0n) is 21.4. The van der Waals surface area contributed by atoms with Crippen LogP contribution in [0.4, 0.5) is 5.69 Å². The summed E-state index contributed by atoms with van der Waals surface area (Å²) in [5, 5.41) is 21.8. The van der Waals surface area contributed by atoms with Crippen LogP contribution in [0.5, 0.6) is 5.75 Å². The first-order valence-corrected chi connectivity index (χ1v) is 12.7. The molecule has 2 N–H and O–H groups in total. The molecule has 4 aromatic carbocycles. The molecule has 0 bridgehead atoms. The Balaban J connectivity index is 1.62. The van der Waals surface area contributed by atoms with E-state index in [1.807, 2.05) is 53.8 Å². The number of phenols is 1. The van der Waals surface area contributed by atoms with Gasteiger partial charge in [-0.15, -0.1) is 0 Å². The number of aryl methyl sites for hydroxylation is 3. The van der Waals surface area contributed by atoms with E-state index in [1.54, 1.807) is 11.0 Å². The number of carboxylic acids is 1. The molecule has 0 saturated carbocycles. The summed E-state index contributed by atoms with van der Waals surface area (Å²) in [6.07, 6.45) is 0. The first kappa shape index (κ1) is 26.3. The van der Waals surface area contributed by atoms with Crippen molar-refractivity contribution in [3.63, 3.8) is 0 Å². The van der Waals surface area contributed by atoms with Crippen LogP contribution in [0.1, 0.15) is 32.6 Å². The van der Waals surface area contributed by atoms with Gasteiger partial charge in [0.1, 0.15) is 11.3 Å². The van der Waals surface area contributed by atoms with Crippen LogP contribution in [-0.4, -0.2) is 40.0 Å². The van der Waals surface area contributed by atoms with Gasteiger partial charge in [-0.3, -0.25) is 4.79 Å². The molecule has 0 aliphatic carbocycles. The fourth-order valence-electron chi connectivity index (χ4n) is 4.49. The molecule has 0 unspecified atom stereocenters. The van der Waals surface area contributed by atoms with Gasteiger partial charge in [-0.2, -0.15) is 0 Å². The predicted molar refractivity (Wildman–Crippen MR) is 149 cm³/mol. The SMILES string of the molecule is Cc1cc(C)c(SN(C)CC(=O)N(Cc2ccc3ccccc3c2)c2ccc(C(=O)O)c(O)c2)c(C)c1. The second-order valence-electron chi connectivity index (χ2n) is 9.27. The molecular formula is C30H30N2O4S. The molecule has 190 valence electrons. The van der Waals surface area contributed by atoms with Crippen LogP contribution in [0.25, 0.3) is 10.8 Å². The smallest absolute Gasteiger partial charge is 0.339 e. The number of rotatable bonds is 8. The van der Waals surface area contributed by atoms with Crippen LogP contribution in [-0.2, 0) is 11.3 Å². The van der Waals surface area contributed by atoms with Crippen molar-refractivity contribution in [2.75, 3.05) is 18.5 Å².